The zero-order valence-electron chi connectivity index (χ0n) is 44.4. The standard InChI is InChI=1S/C24H32BrN5O4.C15H19BrN2OS.C13H23N3O5/c1-13(2)21(31)23(33)27-15(4)24(34)30-11-5-6-19(29-30)22(32)26-14(3)18-10-8-16-7-9-17(25)12-20(16)28-18;1-10(18-20(19)15(2,3)4)13-8-6-11-5-7-12(16)9-14(11)17-13;1-7(2)10(17)11(18)14-8(3)12(19)16-6-4-5-9(15-16)13(20)21/h7-10,12-15,19,21,29,31H,5-6,11H2,1-4H3,(H,26,32)(H,27,33);5-10,18H,1-4H3;7-10,15,17H,4-6H2,1-3H3,(H,14,18)(H,20,21)/t14-,15+,19+,21+;10-,20+;8-,9-,10-/m110/s1. The smallest absolute Gasteiger partial charge is 0.322 e. The number of amides is 5. The minimum atomic E-state index is -1.19. The van der Waals surface area contributed by atoms with E-state index < -0.39 is 71.1 Å². The quantitative estimate of drug-likeness (QED) is 0.0722. The molecule has 75 heavy (non-hydrogen) atoms. The van der Waals surface area contributed by atoms with E-state index in [0.717, 1.165) is 42.1 Å². The van der Waals surface area contributed by atoms with Gasteiger partial charge in [0.25, 0.3) is 11.8 Å². The Balaban J connectivity index is 0.000000257. The summed E-state index contributed by atoms with van der Waals surface area (Å²) in [6, 6.07) is 16.3. The predicted octanol–water partition coefficient (Wildman–Crippen LogP) is 5.39. The SMILES string of the molecule is CC(C)[C@H](O)C(=O)N[C@@H](C)C(=O)N1CCC[C@@H](C(=O)N[C@H](C)c2ccc3ccc(Br)cc3n2)N1.CC(C)[C@H](O)C(=O)N[C@@H](C)C(=O)N1CCC[C@@H](C(=O)O)N1.C[C@@H](N[S@@](=O)C(C)(C)C)c1ccc2ccc(Br)cc2n1. The van der Waals surface area contributed by atoms with Gasteiger partial charge in [-0.25, -0.2) is 19.8 Å². The maximum Gasteiger partial charge on any atom is 0.322 e. The summed E-state index contributed by atoms with van der Waals surface area (Å²) in [5.41, 5.74) is 9.02. The van der Waals surface area contributed by atoms with Crippen molar-refractivity contribution in [3.63, 3.8) is 0 Å². The van der Waals surface area contributed by atoms with Crippen molar-refractivity contribution in [3.05, 3.63) is 81.0 Å². The Morgan fingerprint density at radius 2 is 1.04 bits per heavy atom. The number of fused-ring (bicyclic) bond motifs is 2. The first-order chi connectivity index (χ1) is 35.1. The Bertz CT molecular complexity index is 2680. The summed E-state index contributed by atoms with van der Waals surface area (Å²) >= 11 is 6.91. The van der Waals surface area contributed by atoms with Gasteiger partial charge in [0.1, 0.15) is 36.4 Å². The van der Waals surface area contributed by atoms with Gasteiger partial charge < -0.3 is 31.3 Å². The second kappa shape index (κ2) is 28.4. The molecule has 0 bridgehead atoms. The molecule has 5 amide bonds. The van der Waals surface area contributed by atoms with Gasteiger partial charge in [0, 0.05) is 32.8 Å². The Kier molecular flexibility index (Phi) is 23.7. The largest absolute Gasteiger partial charge is 0.480 e. The number of pyridine rings is 2. The van der Waals surface area contributed by atoms with Crippen molar-refractivity contribution in [2.75, 3.05) is 13.1 Å². The maximum atomic E-state index is 12.9. The zero-order chi connectivity index (χ0) is 56.1. The number of aliphatic carboxylic acids is 1. The first-order valence-electron chi connectivity index (χ1n) is 25.0. The molecule has 0 spiro atoms. The summed E-state index contributed by atoms with van der Waals surface area (Å²) in [5, 5.41) is 41.1. The number of aliphatic hydroxyl groups is 2. The van der Waals surface area contributed by atoms with Gasteiger partial charge in [0.2, 0.25) is 17.7 Å². The van der Waals surface area contributed by atoms with E-state index in [0.29, 0.717) is 38.8 Å². The van der Waals surface area contributed by atoms with E-state index in [-0.39, 0.29) is 40.5 Å². The van der Waals surface area contributed by atoms with Crippen LogP contribution >= 0.6 is 31.9 Å². The first kappa shape index (κ1) is 62.5. The maximum absolute atomic E-state index is 12.9. The van der Waals surface area contributed by atoms with Crippen LogP contribution in [0.2, 0.25) is 0 Å². The number of benzene rings is 2. The summed E-state index contributed by atoms with van der Waals surface area (Å²) in [4.78, 5) is 81.9. The number of carboxylic acid groups (broad SMARTS) is 1. The van der Waals surface area contributed by atoms with Gasteiger partial charge in [-0.2, -0.15) is 0 Å². The predicted molar refractivity (Wildman–Crippen MR) is 295 cm³/mol. The van der Waals surface area contributed by atoms with Crippen molar-refractivity contribution in [2.45, 2.75) is 155 Å². The summed E-state index contributed by atoms with van der Waals surface area (Å²) < 4.78 is 16.9. The van der Waals surface area contributed by atoms with Crippen LogP contribution in [0, 0.1) is 11.8 Å². The Labute approximate surface area is 458 Å². The number of carboxylic acids is 1. The van der Waals surface area contributed by atoms with Crippen molar-refractivity contribution in [2.24, 2.45) is 11.8 Å². The number of nitrogens with one attached hydrogen (secondary N) is 6. The van der Waals surface area contributed by atoms with Crippen molar-refractivity contribution in [1.82, 2.24) is 51.5 Å². The van der Waals surface area contributed by atoms with Crippen LogP contribution in [0.25, 0.3) is 21.8 Å². The third kappa shape index (κ3) is 18.6. The molecule has 412 valence electrons. The zero-order valence-corrected chi connectivity index (χ0v) is 48.4. The molecule has 2 aromatic carbocycles. The normalized spacial score (nSPS) is 18.7. The highest BCUT2D eigenvalue weighted by atomic mass is 79.9. The van der Waals surface area contributed by atoms with Crippen molar-refractivity contribution < 1.29 is 48.3 Å². The minimum Gasteiger partial charge on any atom is -0.480 e. The summed E-state index contributed by atoms with van der Waals surface area (Å²) in [7, 11) is -1.11. The van der Waals surface area contributed by atoms with Crippen LogP contribution in [-0.2, 0) is 39.8 Å². The first-order valence-corrected chi connectivity index (χ1v) is 27.8. The van der Waals surface area contributed by atoms with Gasteiger partial charge in [-0.3, -0.25) is 48.8 Å². The number of hydrazine groups is 2. The molecule has 23 heteroatoms. The van der Waals surface area contributed by atoms with Crippen molar-refractivity contribution in [3.8, 4) is 0 Å². The number of nitrogens with zero attached hydrogens (tertiary/aromatic N) is 4. The lowest BCUT2D eigenvalue weighted by Crippen LogP contribution is -2.61. The highest BCUT2D eigenvalue weighted by Crippen LogP contribution is 2.24. The molecule has 9 atom stereocenters. The van der Waals surface area contributed by atoms with Gasteiger partial charge in [0.05, 0.1) is 50.2 Å². The fourth-order valence-corrected chi connectivity index (χ4v) is 9.03. The highest BCUT2D eigenvalue weighted by molar-refractivity contribution is 9.10. The van der Waals surface area contributed by atoms with Crippen LogP contribution in [0.3, 0.4) is 0 Å². The van der Waals surface area contributed by atoms with Crippen LogP contribution in [0.4, 0.5) is 0 Å². The van der Waals surface area contributed by atoms with Crippen molar-refractivity contribution in [1.29, 1.82) is 0 Å². The lowest BCUT2D eigenvalue weighted by molar-refractivity contribution is -0.149. The van der Waals surface area contributed by atoms with E-state index in [1.165, 1.54) is 16.9 Å². The average Bonchev–Trinajstić information content (AvgIpc) is 3.36. The molecule has 4 heterocycles. The minimum absolute atomic E-state index is 0.0570. The molecule has 2 fully saturated rings. The van der Waals surface area contributed by atoms with Crippen LogP contribution < -0.4 is 31.5 Å². The number of aromatic nitrogens is 2. The monoisotopic (exact) mass is 1190 g/mol. The Hall–Kier alpha value is -5.01. The fraction of sp³-hybridized carbons (Fsp3) is 0.538. The third-order valence-electron chi connectivity index (χ3n) is 12.2. The summed E-state index contributed by atoms with van der Waals surface area (Å²) in [6.07, 6.45) is -0.122. The van der Waals surface area contributed by atoms with Gasteiger partial charge in [-0.1, -0.05) is 83.8 Å². The second-order valence-electron chi connectivity index (χ2n) is 20.4. The molecular weight excluding hydrogens is 1120 g/mol. The lowest BCUT2D eigenvalue weighted by atomic mass is 10.1. The van der Waals surface area contributed by atoms with E-state index in [9.17, 15) is 43.2 Å². The fourth-order valence-electron chi connectivity index (χ4n) is 7.53. The molecule has 0 unspecified atom stereocenters. The number of hydrogen-bond donors (Lipinski definition) is 9. The molecule has 0 saturated carbocycles. The Morgan fingerprint density at radius 1 is 0.640 bits per heavy atom. The lowest BCUT2D eigenvalue weighted by Gasteiger charge is -2.35. The molecular formula is C52H74Br2N10O10S. The van der Waals surface area contributed by atoms with E-state index in [1.807, 2.05) is 95.3 Å². The van der Waals surface area contributed by atoms with E-state index >= 15 is 0 Å². The topological polar surface area (TPSA) is 285 Å². The average molecular weight is 1190 g/mol. The van der Waals surface area contributed by atoms with Gasteiger partial charge >= 0.3 is 5.97 Å². The van der Waals surface area contributed by atoms with Gasteiger partial charge in [-0.15, -0.1) is 0 Å². The molecule has 0 radical (unpaired) electrons. The van der Waals surface area contributed by atoms with E-state index in [1.54, 1.807) is 34.6 Å². The van der Waals surface area contributed by atoms with Crippen LogP contribution in [0.5, 0.6) is 0 Å². The number of rotatable bonds is 15. The second-order valence-corrected chi connectivity index (χ2v) is 24.2. The molecule has 6 rings (SSSR count). The van der Waals surface area contributed by atoms with Crippen molar-refractivity contribution >= 4 is 100 Å². The molecule has 20 nitrogen and oxygen atoms in total. The van der Waals surface area contributed by atoms with Crippen LogP contribution in [0.1, 0.15) is 125 Å². The third-order valence-corrected chi connectivity index (χ3v) is 14.9. The molecule has 2 aromatic heterocycles. The number of halogens is 2. The molecule has 4 aromatic rings. The Morgan fingerprint density at radius 3 is 1.45 bits per heavy atom. The van der Waals surface area contributed by atoms with E-state index in [2.05, 4.69) is 73.4 Å². The molecule has 2 aliphatic rings. The summed E-state index contributed by atoms with van der Waals surface area (Å²) in [6.45, 7) is 20.4. The molecule has 9 N–H and O–H groups in total. The number of hydrogen-bond acceptors (Lipinski definition) is 13. The molecule has 2 saturated heterocycles. The van der Waals surface area contributed by atoms with E-state index in [4.69, 9.17) is 5.11 Å². The highest BCUT2D eigenvalue weighted by Gasteiger charge is 2.34. The van der Waals surface area contributed by atoms with Crippen LogP contribution in [-0.4, -0.2) is 129 Å². The number of carbonyl (C=O) groups excluding carboxylic acids is 5. The summed E-state index contributed by atoms with van der Waals surface area (Å²) in [5.74, 6) is -3.75. The molecule has 2 aliphatic heterocycles. The molecule has 0 aliphatic carbocycles. The van der Waals surface area contributed by atoms with Gasteiger partial charge in [0.15, 0.2) is 0 Å². The number of aliphatic hydroxyl groups excluding tert-OH is 2. The number of carbonyl (C=O) groups is 6. The van der Waals surface area contributed by atoms with Gasteiger partial charge in [-0.05, 0) is 122 Å². The van der Waals surface area contributed by atoms with Crippen LogP contribution in [0.15, 0.2) is 69.6 Å².